The largest absolute Gasteiger partial charge is 0.478 e. The molecule has 33 heavy (non-hydrogen) atoms. The molecule has 8 nitrogen and oxygen atoms in total. The number of anilines is 1. The first kappa shape index (κ1) is 27.5. The molecule has 1 unspecified atom stereocenters. The van der Waals surface area contributed by atoms with Crippen LogP contribution in [0, 0.1) is 24.2 Å². The molecular weight excluding hydrogens is 422 g/mol. The first-order valence-electron chi connectivity index (χ1n) is 10.8. The average molecular weight is 456 g/mol. The van der Waals surface area contributed by atoms with E-state index in [1.165, 1.54) is 11.1 Å². The van der Waals surface area contributed by atoms with Crippen LogP contribution in [0.4, 0.5) is 5.88 Å². The van der Waals surface area contributed by atoms with Crippen molar-refractivity contribution in [1.29, 1.82) is 5.26 Å². The summed E-state index contributed by atoms with van der Waals surface area (Å²) in [5.74, 6) is -1.44. The number of nitriles is 1. The van der Waals surface area contributed by atoms with Crippen molar-refractivity contribution in [3.63, 3.8) is 0 Å². The number of hydrogen-bond acceptors (Lipinski definition) is 6. The summed E-state index contributed by atoms with van der Waals surface area (Å²) >= 11 is 0. The van der Waals surface area contributed by atoms with E-state index in [2.05, 4.69) is 49.6 Å². The summed E-state index contributed by atoms with van der Waals surface area (Å²) < 4.78 is 5.23. The maximum atomic E-state index is 9.98. The van der Waals surface area contributed by atoms with Crippen LogP contribution in [0.2, 0.25) is 0 Å². The molecule has 0 fully saturated rings. The van der Waals surface area contributed by atoms with Gasteiger partial charge < -0.3 is 25.3 Å². The third-order valence-electron chi connectivity index (χ3n) is 5.23. The summed E-state index contributed by atoms with van der Waals surface area (Å²) in [4.78, 5) is 19.1. The lowest BCUT2D eigenvalue weighted by Crippen LogP contribution is -2.33. The van der Waals surface area contributed by atoms with Crippen LogP contribution < -0.4 is 10.6 Å². The number of nitrogens with zero attached hydrogens (tertiary/aromatic N) is 1. The fraction of sp³-hybridized carbons (Fsp3) is 0.400. The predicted molar refractivity (Wildman–Crippen MR) is 127 cm³/mol. The quantitative estimate of drug-likeness (QED) is 0.276. The third kappa shape index (κ3) is 9.62. The highest BCUT2D eigenvalue weighted by Gasteiger charge is 2.36. The summed E-state index contributed by atoms with van der Waals surface area (Å²) in [7, 11) is 0. The molecule has 4 N–H and O–H groups in total. The van der Waals surface area contributed by atoms with Crippen molar-refractivity contribution in [1.82, 2.24) is 5.32 Å². The highest BCUT2D eigenvalue weighted by Crippen LogP contribution is 2.38. The molecule has 0 saturated heterocycles. The number of carboxylic acid groups (broad SMARTS) is 2. The van der Waals surface area contributed by atoms with Crippen molar-refractivity contribution in [3.8, 4) is 6.07 Å². The Bertz CT molecular complexity index is 916. The molecule has 0 aliphatic heterocycles. The van der Waals surface area contributed by atoms with Crippen LogP contribution in [0.1, 0.15) is 37.8 Å². The first-order valence-corrected chi connectivity index (χ1v) is 10.8. The van der Waals surface area contributed by atoms with E-state index >= 15 is 0 Å². The summed E-state index contributed by atoms with van der Waals surface area (Å²) in [6.45, 7) is 8.99. The first-order chi connectivity index (χ1) is 15.7. The predicted octanol–water partition coefficient (Wildman–Crippen LogP) is 4.20. The van der Waals surface area contributed by atoms with E-state index < -0.39 is 17.4 Å². The number of furan rings is 1. The molecular formula is C25H33N3O5. The summed E-state index contributed by atoms with van der Waals surface area (Å²) in [5, 5.41) is 32.3. The Kier molecular flexibility index (Phi) is 12.1. The Hall–Kier alpha value is -3.57. The van der Waals surface area contributed by atoms with E-state index in [4.69, 9.17) is 14.6 Å². The molecule has 1 atom stereocenters. The lowest BCUT2D eigenvalue weighted by molar-refractivity contribution is -0.134. The van der Waals surface area contributed by atoms with Crippen molar-refractivity contribution in [2.45, 2.75) is 39.0 Å². The Labute approximate surface area is 194 Å². The zero-order valence-corrected chi connectivity index (χ0v) is 19.4. The highest BCUT2D eigenvalue weighted by molar-refractivity contribution is 5.89. The van der Waals surface area contributed by atoms with Crippen LogP contribution >= 0.6 is 0 Å². The fourth-order valence-corrected chi connectivity index (χ4v) is 3.47. The van der Waals surface area contributed by atoms with Crippen LogP contribution in [-0.4, -0.2) is 41.8 Å². The minimum atomic E-state index is -1.26. The summed E-state index contributed by atoms with van der Waals surface area (Å²) in [6.07, 6.45) is 4.62. The molecule has 0 aliphatic rings. The van der Waals surface area contributed by atoms with E-state index in [0.29, 0.717) is 12.2 Å². The maximum absolute atomic E-state index is 9.98. The molecule has 0 aliphatic carbocycles. The second-order valence-electron chi connectivity index (χ2n) is 7.82. The number of rotatable bonds is 12. The molecule has 0 saturated carbocycles. The minimum Gasteiger partial charge on any atom is -0.478 e. The molecule has 0 spiro atoms. The fourth-order valence-electron chi connectivity index (χ4n) is 3.47. The maximum Gasteiger partial charge on any atom is 0.328 e. The second kappa shape index (κ2) is 14.5. The van der Waals surface area contributed by atoms with E-state index in [0.717, 1.165) is 38.4 Å². The Morgan fingerprint density at radius 2 is 1.76 bits per heavy atom. The standard InChI is InChI=1S/C21H29N3O.C4H4O4/c1-17(2)21(16-22,19-9-5-4-8-18(19)3)11-7-12-23-13-14-24-20-10-6-15-25-20;5-3(6)1-2-4(7)8/h4-6,8-10,15,17,23-24H,7,11-14H2,1-3H3;1-2H,(H,5,6)(H,7,8)/b;2-1-. The Balaban J connectivity index is 0.000000582. The average Bonchev–Trinajstić information content (AvgIpc) is 3.29. The van der Waals surface area contributed by atoms with Gasteiger partial charge in [0.25, 0.3) is 0 Å². The zero-order chi connectivity index (χ0) is 24.7. The Morgan fingerprint density at radius 3 is 2.27 bits per heavy atom. The van der Waals surface area contributed by atoms with E-state index in [-0.39, 0.29) is 5.92 Å². The van der Waals surface area contributed by atoms with Gasteiger partial charge in [-0.1, -0.05) is 38.1 Å². The molecule has 0 bridgehead atoms. The van der Waals surface area contributed by atoms with Gasteiger partial charge in [0.2, 0.25) is 0 Å². The van der Waals surface area contributed by atoms with Gasteiger partial charge in [0.1, 0.15) is 0 Å². The van der Waals surface area contributed by atoms with Gasteiger partial charge in [-0.25, -0.2) is 9.59 Å². The zero-order valence-electron chi connectivity index (χ0n) is 19.4. The van der Waals surface area contributed by atoms with Gasteiger partial charge >= 0.3 is 11.9 Å². The van der Waals surface area contributed by atoms with Crippen molar-refractivity contribution >= 4 is 17.8 Å². The molecule has 1 aromatic carbocycles. The molecule has 2 aromatic rings. The number of aliphatic carboxylic acids is 2. The molecule has 1 aromatic heterocycles. The van der Waals surface area contributed by atoms with Gasteiger partial charge in [0.05, 0.1) is 17.7 Å². The molecule has 178 valence electrons. The monoisotopic (exact) mass is 455 g/mol. The topological polar surface area (TPSA) is 136 Å². The van der Waals surface area contributed by atoms with Crippen molar-refractivity contribution in [3.05, 3.63) is 65.9 Å². The highest BCUT2D eigenvalue weighted by atomic mass is 16.4. The van der Waals surface area contributed by atoms with Crippen LogP contribution in [0.25, 0.3) is 0 Å². The van der Waals surface area contributed by atoms with Crippen LogP contribution in [0.15, 0.2) is 59.2 Å². The van der Waals surface area contributed by atoms with Gasteiger partial charge in [0, 0.05) is 31.3 Å². The summed E-state index contributed by atoms with van der Waals surface area (Å²) in [5.41, 5.74) is 1.96. The van der Waals surface area contributed by atoms with Gasteiger partial charge in [0.15, 0.2) is 5.88 Å². The molecule has 2 rings (SSSR count). The molecule has 1 heterocycles. The van der Waals surface area contributed by atoms with Gasteiger partial charge in [-0.15, -0.1) is 0 Å². The third-order valence-corrected chi connectivity index (χ3v) is 5.23. The van der Waals surface area contributed by atoms with Crippen LogP contribution in [0.3, 0.4) is 0 Å². The normalized spacial score (nSPS) is 12.5. The molecule has 0 radical (unpaired) electrons. The van der Waals surface area contributed by atoms with E-state index in [1.54, 1.807) is 6.26 Å². The van der Waals surface area contributed by atoms with E-state index in [1.807, 2.05) is 24.3 Å². The lowest BCUT2D eigenvalue weighted by Gasteiger charge is -2.33. The summed E-state index contributed by atoms with van der Waals surface area (Å²) in [6, 6.07) is 14.7. The van der Waals surface area contributed by atoms with Gasteiger partial charge in [-0.2, -0.15) is 5.26 Å². The minimum absolute atomic E-state index is 0.277. The number of benzene rings is 1. The molecule has 0 amide bonds. The number of aryl methyl sites for hydroxylation is 1. The number of nitrogens with one attached hydrogen (secondary N) is 2. The lowest BCUT2D eigenvalue weighted by atomic mass is 9.68. The Morgan fingerprint density at radius 1 is 1.09 bits per heavy atom. The molecule has 8 heteroatoms. The number of carboxylic acids is 2. The van der Waals surface area contributed by atoms with Gasteiger partial charge in [-0.05, 0) is 49.4 Å². The second-order valence-corrected chi connectivity index (χ2v) is 7.82. The smallest absolute Gasteiger partial charge is 0.328 e. The van der Waals surface area contributed by atoms with Crippen molar-refractivity contribution in [2.24, 2.45) is 5.92 Å². The number of carbonyl (C=O) groups is 2. The van der Waals surface area contributed by atoms with Crippen molar-refractivity contribution < 1.29 is 24.2 Å². The van der Waals surface area contributed by atoms with E-state index in [9.17, 15) is 14.9 Å². The van der Waals surface area contributed by atoms with Gasteiger partial charge in [-0.3, -0.25) is 0 Å². The van der Waals surface area contributed by atoms with Crippen LogP contribution in [0.5, 0.6) is 0 Å². The number of hydrogen-bond donors (Lipinski definition) is 4. The van der Waals surface area contributed by atoms with Crippen molar-refractivity contribution in [2.75, 3.05) is 25.0 Å². The SMILES string of the molecule is Cc1ccccc1C(C#N)(CCCNCCNc1ccco1)C(C)C.O=C(O)/C=C\C(=O)O. The van der Waals surface area contributed by atoms with Crippen LogP contribution in [-0.2, 0) is 15.0 Å².